The molecule has 5 heteroatoms. The van der Waals surface area contributed by atoms with Crippen molar-refractivity contribution >= 4 is 8.80 Å². The molecule has 4 nitrogen and oxygen atoms in total. The Morgan fingerprint density at radius 3 is 2.14 bits per heavy atom. The fraction of sp³-hybridized carbons (Fsp3) is 1.00. The molecule has 1 aliphatic heterocycles. The Balaban J connectivity index is 2.02. The maximum atomic E-state index is 5.49. The van der Waals surface area contributed by atoms with Gasteiger partial charge in [0.15, 0.2) is 0 Å². The minimum atomic E-state index is -2.41. The van der Waals surface area contributed by atoms with Gasteiger partial charge < -0.3 is 18.0 Å². The van der Waals surface area contributed by atoms with Crippen molar-refractivity contribution in [1.82, 2.24) is 0 Å². The molecule has 1 saturated carbocycles. The molecule has 0 aromatic heterocycles. The molecule has 2 fully saturated rings. The third-order valence-corrected chi connectivity index (χ3v) is 6.59. The van der Waals surface area contributed by atoms with Gasteiger partial charge in [0, 0.05) is 26.9 Å². The summed E-state index contributed by atoms with van der Waals surface area (Å²) in [7, 11) is 2.63. The predicted molar refractivity (Wildman–Crippen MR) is 53.0 cm³/mol. The van der Waals surface area contributed by atoms with Gasteiger partial charge in [-0.3, -0.25) is 0 Å². The summed E-state index contributed by atoms with van der Waals surface area (Å²) in [5.74, 6) is 0. The molecule has 0 N–H and O–H groups in total. The molecule has 14 heavy (non-hydrogen) atoms. The van der Waals surface area contributed by atoms with E-state index in [1.54, 1.807) is 21.3 Å². The van der Waals surface area contributed by atoms with Crippen LogP contribution in [0.15, 0.2) is 0 Å². The van der Waals surface area contributed by atoms with E-state index in [0.29, 0.717) is 17.7 Å². The topological polar surface area (TPSA) is 40.2 Å². The molecule has 0 aromatic rings. The highest BCUT2D eigenvalue weighted by Crippen LogP contribution is 2.46. The Labute approximate surface area is 85.9 Å². The van der Waals surface area contributed by atoms with Gasteiger partial charge in [-0.2, -0.15) is 0 Å². The van der Waals surface area contributed by atoms with Crippen LogP contribution in [0.4, 0.5) is 0 Å². The van der Waals surface area contributed by atoms with Crippen molar-refractivity contribution in [3.63, 3.8) is 0 Å². The lowest BCUT2D eigenvalue weighted by Crippen LogP contribution is -2.48. The SMILES string of the molecule is CO[Si](OC)(OC)[C@@H]1CC[C@@H]2O[C@H]2C1. The number of fused-ring (bicyclic) bond motifs is 1. The first-order valence-corrected chi connectivity index (χ1v) is 6.87. The molecular weight excluding hydrogens is 200 g/mol. The number of ether oxygens (including phenoxy) is 1. The highest BCUT2D eigenvalue weighted by atomic mass is 28.4. The van der Waals surface area contributed by atoms with Crippen LogP contribution in [-0.2, 0) is 18.0 Å². The second-order valence-electron chi connectivity index (χ2n) is 3.94. The highest BCUT2D eigenvalue weighted by Gasteiger charge is 2.55. The molecule has 1 saturated heterocycles. The summed E-state index contributed by atoms with van der Waals surface area (Å²) in [6.45, 7) is 0. The molecule has 0 radical (unpaired) electrons. The maximum absolute atomic E-state index is 5.49. The Kier molecular flexibility index (Phi) is 2.95. The maximum Gasteiger partial charge on any atom is 0.503 e. The zero-order valence-electron chi connectivity index (χ0n) is 8.99. The zero-order valence-corrected chi connectivity index (χ0v) is 9.99. The first kappa shape index (κ1) is 10.6. The van der Waals surface area contributed by atoms with Gasteiger partial charge in [0.25, 0.3) is 0 Å². The summed E-state index contributed by atoms with van der Waals surface area (Å²) >= 11 is 0. The molecule has 0 amide bonds. The molecule has 1 aliphatic carbocycles. The lowest BCUT2D eigenvalue weighted by molar-refractivity contribution is 0.106. The van der Waals surface area contributed by atoms with Crippen LogP contribution in [0.2, 0.25) is 5.54 Å². The lowest BCUT2D eigenvalue weighted by atomic mass is 10.0. The molecule has 0 bridgehead atoms. The van der Waals surface area contributed by atoms with Crippen LogP contribution < -0.4 is 0 Å². The fourth-order valence-corrected chi connectivity index (χ4v) is 5.02. The van der Waals surface area contributed by atoms with Gasteiger partial charge >= 0.3 is 8.80 Å². The van der Waals surface area contributed by atoms with Crippen LogP contribution in [0, 0.1) is 0 Å². The Morgan fingerprint density at radius 1 is 1.00 bits per heavy atom. The summed E-state index contributed by atoms with van der Waals surface area (Å²) in [6.07, 6.45) is 4.22. The van der Waals surface area contributed by atoms with E-state index in [1.807, 2.05) is 0 Å². The average Bonchev–Trinajstić information content (AvgIpc) is 2.99. The van der Waals surface area contributed by atoms with Crippen molar-refractivity contribution in [2.75, 3.05) is 21.3 Å². The quantitative estimate of drug-likeness (QED) is 0.525. The minimum Gasteiger partial charge on any atom is -0.377 e. The van der Waals surface area contributed by atoms with Crippen molar-refractivity contribution in [3.8, 4) is 0 Å². The minimum absolute atomic E-state index is 0.409. The first-order valence-electron chi connectivity index (χ1n) is 5.06. The molecule has 2 aliphatic rings. The molecule has 0 spiro atoms. The second-order valence-corrected chi connectivity index (χ2v) is 7.19. The fourth-order valence-electron chi connectivity index (χ4n) is 2.48. The number of hydrogen-bond acceptors (Lipinski definition) is 4. The standard InChI is InChI=1S/C9H18O4Si/c1-10-14(11-2,12-3)7-4-5-8-9(6-7)13-8/h7-9H,4-6H2,1-3H3/t7-,8+,9+/m1/s1. The van der Waals surface area contributed by atoms with Gasteiger partial charge in [-0.15, -0.1) is 0 Å². The normalized spacial score (nSPS) is 36.6. The van der Waals surface area contributed by atoms with E-state index in [2.05, 4.69) is 0 Å². The summed E-state index contributed by atoms with van der Waals surface area (Å²) in [5, 5.41) is 0. The third kappa shape index (κ3) is 1.63. The molecular formula is C9H18O4Si. The van der Waals surface area contributed by atoms with Crippen LogP contribution in [0.5, 0.6) is 0 Å². The van der Waals surface area contributed by atoms with Crippen molar-refractivity contribution in [2.45, 2.75) is 37.0 Å². The lowest BCUT2D eigenvalue weighted by Gasteiger charge is -2.33. The number of hydrogen-bond donors (Lipinski definition) is 0. The summed E-state index contributed by atoms with van der Waals surface area (Å²) in [6, 6.07) is 0. The van der Waals surface area contributed by atoms with Crippen molar-refractivity contribution in [3.05, 3.63) is 0 Å². The summed E-state index contributed by atoms with van der Waals surface area (Å²) in [5.41, 5.74) is 0.409. The van der Waals surface area contributed by atoms with Gasteiger partial charge in [0.1, 0.15) is 0 Å². The number of epoxide rings is 1. The second kappa shape index (κ2) is 3.90. The molecule has 0 unspecified atom stereocenters. The summed E-state index contributed by atoms with van der Waals surface area (Å²) in [4.78, 5) is 0. The van der Waals surface area contributed by atoms with Crippen LogP contribution in [0.25, 0.3) is 0 Å². The highest BCUT2D eigenvalue weighted by molar-refractivity contribution is 6.62. The van der Waals surface area contributed by atoms with Crippen molar-refractivity contribution in [2.24, 2.45) is 0 Å². The third-order valence-electron chi connectivity index (χ3n) is 3.36. The van der Waals surface area contributed by atoms with E-state index in [-0.39, 0.29) is 0 Å². The van der Waals surface area contributed by atoms with Gasteiger partial charge in [-0.1, -0.05) is 0 Å². The van der Waals surface area contributed by atoms with Crippen LogP contribution in [-0.4, -0.2) is 42.3 Å². The van der Waals surface area contributed by atoms with E-state index >= 15 is 0 Å². The molecule has 1 heterocycles. The number of rotatable bonds is 4. The van der Waals surface area contributed by atoms with Crippen molar-refractivity contribution in [1.29, 1.82) is 0 Å². The van der Waals surface area contributed by atoms with Gasteiger partial charge in [0.05, 0.1) is 12.2 Å². The zero-order chi connectivity index (χ0) is 10.2. The smallest absolute Gasteiger partial charge is 0.377 e. The Bertz CT molecular complexity index is 199. The molecule has 82 valence electrons. The van der Waals surface area contributed by atoms with Crippen LogP contribution in [0.1, 0.15) is 19.3 Å². The first-order chi connectivity index (χ1) is 6.75. The van der Waals surface area contributed by atoms with E-state index in [0.717, 1.165) is 19.3 Å². The van der Waals surface area contributed by atoms with Gasteiger partial charge in [-0.25, -0.2) is 0 Å². The van der Waals surface area contributed by atoms with Gasteiger partial charge in [0.2, 0.25) is 0 Å². The Hall–Kier alpha value is 0.0569. The van der Waals surface area contributed by atoms with Crippen LogP contribution >= 0.6 is 0 Å². The predicted octanol–water partition coefficient (Wildman–Crippen LogP) is 1.19. The molecule has 2 rings (SSSR count). The van der Waals surface area contributed by atoms with Crippen molar-refractivity contribution < 1.29 is 18.0 Å². The largest absolute Gasteiger partial charge is 0.503 e. The molecule has 3 atom stereocenters. The van der Waals surface area contributed by atoms with Crippen LogP contribution in [0.3, 0.4) is 0 Å². The van der Waals surface area contributed by atoms with E-state index < -0.39 is 8.80 Å². The molecule has 0 aromatic carbocycles. The van der Waals surface area contributed by atoms with E-state index in [1.165, 1.54) is 0 Å². The average molecular weight is 218 g/mol. The van der Waals surface area contributed by atoms with E-state index in [4.69, 9.17) is 18.0 Å². The van der Waals surface area contributed by atoms with Gasteiger partial charge in [-0.05, 0) is 19.3 Å². The Morgan fingerprint density at radius 2 is 1.64 bits per heavy atom. The monoisotopic (exact) mass is 218 g/mol. The summed E-state index contributed by atoms with van der Waals surface area (Å²) < 4.78 is 21.9. The van der Waals surface area contributed by atoms with E-state index in [9.17, 15) is 0 Å².